The van der Waals surface area contributed by atoms with Crippen LogP contribution in [0.15, 0.2) is 12.2 Å². The van der Waals surface area contributed by atoms with Gasteiger partial charge in [0.15, 0.2) is 0 Å². The third-order valence-corrected chi connectivity index (χ3v) is 2.49. The molecule has 2 heteroatoms. The van der Waals surface area contributed by atoms with E-state index >= 15 is 0 Å². The van der Waals surface area contributed by atoms with Crippen LogP contribution in [-0.4, -0.2) is 25.3 Å². The van der Waals surface area contributed by atoms with E-state index < -0.39 is 0 Å². The zero-order valence-corrected chi connectivity index (χ0v) is 9.46. The Morgan fingerprint density at radius 3 is 2.86 bits per heavy atom. The van der Waals surface area contributed by atoms with Crippen LogP contribution < -0.4 is 5.32 Å². The third-order valence-electron chi connectivity index (χ3n) is 2.49. The maximum atomic E-state index is 5.75. The average Bonchev–Trinajstić information content (AvgIpc) is 2.98. The highest BCUT2D eigenvalue weighted by Crippen LogP contribution is 2.18. The van der Waals surface area contributed by atoms with Gasteiger partial charge in [0.05, 0.1) is 12.7 Å². The Kier molecular flexibility index (Phi) is 5.88. The van der Waals surface area contributed by atoms with Crippen molar-refractivity contribution in [1.82, 2.24) is 5.32 Å². The molecule has 2 nitrogen and oxygen atoms in total. The van der Waals surface area contributed by atoms with Crippen LogP contribution in [0.4, 0.5) is 0 Å². The Morgan fingerprint density at radius 2 is 2.29 bits per heavy atom. The molecule has 0 amide bonds. The number of rotatable bonds is 8. The largest absolute Gasteiger partial charge is 0.373 e. The summed E-state index contributed by atoms with van der Waals surface area (Å²) in [5.74, 6) is 0. The SMILES string of the molecule is C/C=C/COC(CCC)CNC1CC1. The third kappa shape index (κ3) is 5.40. The highest BCUT2D eigenvalue weighted by Gasteiger charge is 2.21. The highest BCUT2D eigenvalue weighted by atomic mass is 16.5. The fourth-order valence-electron chi connectivity index (χ4n) is 1.44. The van der Waals surface area contributed by atoms with Crippen molar-refractivity contribution in [2.24, 2.45) is 0 Å². The van der Waals surface area contributed by atoms with Crippen molar-refractivity contribution in [2.75, 3.05) is 13.2 Å². The second-order valence-electron chi connectivity index (χ2n) is 4.00. The van der Waals surface area contributed by atoms with Crippen LogP contribution in [0, 0.1) is 0 Å². The van der Waals surface area contributed by atoms with Gasteiger partial charge in [-0.05, 0) is 26.2 Å². The van der Waals surface area contributed by atoms with Gasteiger partial charge >= 0.3 is 0 Å². The lowest BCUT2D eigenvalue weighted by molar-refractivity contribution is 0.0667. The van der Waals surface area contributed by atoms with E-state index in [0.717, 1.165) is 25.6 Å². The summed E-state index contributed by atoms with van der Waals surface area (Å²) in [6, 6.07) is 0.791. The average molecular weight is 197 g/mol. The summed E-state index contributed by atoms with van der Waals surface area (Å²) >= 11 is 0. The molecule has 1 fully saturated rings. The Bertz CT molecular complexity index is 164. The summed E-state index contributed by atoms with van der Waals surface area (Å²) in [4.78, 5) is 0. The quantitative estimate of drug-likeness (QED) is 0.604. The predicted molar refractivity (Wildman–Crippen MR) is 60.5 cm³/mol. The molecule has 0 aromatic carbocycles. The smallest absolute Gasteiger partial charge is 0.0703 e. The zero-order valence-electron chi connectivity index (χ0n) is 9.46. The fourth-order valence-corrected chi connectivity index (χ4v) is 1.44. The van der Waals surface area contributed by atoms with Gasteiger partial charge in [-0.15, -0.1) is 0 Å². The summed E-state index contributed by atoms with van der Waals surface area (Å²) < 4.78 is 5.75. The van der Waals surface area contributed by atoms with Gasteiger partial charge in [0, 0.05) is 12.6 Å². The van der Waals surface area contributed by atoms with Crippen LogP contribution >= 0.6 is 0 Å². The highest BCUT2D eigenvalue weighted by molar-refractivity contribution is 4.82. The summed E-state index contributed by atoms with van der Waals surface area (Å²) in [6.45, 7) is 6.02. The van der Waals surface area contributed by atoms with Crippen LogP contribution in [0.5, 0.6) is 0 Å². The van der Waals surface area contributed by atoms with Crippen molar-refractivity contribution in [1.29, 1.82) is 0 Å². The number of nitrogens with one attached hydrogen (secondary N) is 1. The van der Waals surface area contributed by atoms with E-state index in [1.807, 2.05) is 13.0 Å². The van der Waals surface area contributed by atoms with E-state index in [1.54, 1.807) is 0 Å². The van der Waals surface area contributed by atoms with Crippen molar-refractivity contribution in [3.8, 4) is 0 Å². The first-order valence-corrected chi connectivity index (χ1v) is 5.83. The maximum Gasteiger partial charge on any atom is 0.0703 e. The van der Waals surface area contributed by atoms with Gasteiger partial charge in [-0.2, -0.15) is 0 Å². The molecule has 1 atom stereocenters. The van der Waals surface area contributed by atoms with Gasteiger partial charge in [0.25, 0.3) is 0 Å². The maximum absolute atomic E-state index is 5.75. The summed E-state index contributed by atoms with van der Waals surface area (Å²) in [5.41, 5.74) is 0. The lowest BCUT2D eigenvalue weighted by atomic mass is 10.2. The Labute approximate surface area is 87.7 Å². The summed E-state index contributed by atoms with van der Waals surface area (Å²) in [7, 11) is 0. The van der Waals surface area contributed by atoms with Gasteiger partial charge in [0.2, 0.25) is 0 Å². The predicted octanol–water partition coefficient (Wildman–Crippen LogP) is 2.50. The molecule has 1 aliphatic rings. The molecule has 1 N–H and O–H groups in total. The van der Waals surface area contributed by atoms with Gasteiger partial charge in [-0.3, -0.25) is 0 Å². The van der Waals surface area contributed by atoms with Crippen molar-refractivity contribution < 1.29 is 4.74 Å². The lowest BCUT2D eigenvalue weighted by Crippen LogP contribution is -2.30. The zero-order chi connectivity index (χ0) is 10.2. The first-order chi connectivity index (χ1) is 6.86. The minimum atomic E-state index is 0.400. The molecule has 0 aromatic rings. The van der Waals surface area contributed by atoms with Gasteiger partial charge in [0.1, 0.15) is 0 Å². The topological polar surface area (TPSA) is 21.3 Å². The van der Waals surface area contributed by atoms with Crippen molar-refractivity contribution in [3.05, 3.63) is 12.2 Å². The minimum Gasteiger partial charge on any atom is -0.373 e. The second kappa shape index (κ2) is 7.02. The molecule has 0 aromatic heterocycles. The Morgan fingerprint density at radius 1 is 1.50 bits per heavy atom. The van der Waals surface area contributed by atoms with Gasteiger partial charge in [-0.1, -0.05) is 25.5 Å². The van der Waals surface area contributed by atoms with E-state index in [1.165, 1.54) is 19.3 Å². The van der Waals surface area contributed by atoms with Gasteiger partial charge in [-0.25, -0.2) is 0 Å². The normalized spacial score (nSPS) is 19.0. The molecule has 0 saturated heterocycles. The molecule has 0 aliphatic heterocycles. The molecule has 14 heavy (non-hydrogen) atoms. The van der Waals surface area contributed by atoms with Crippen LogP contribution in [-0.2, 0) is 4.74 Å². The van der Waals surface area contributed by atoms with Crippen LogP contribution in [0.3, 0.4) is 0 Å². The van der Waals surface area contributed by atoms with Crippen molar-refractivity contribution in [2.45, 2.75) is 51.7 Å². The molecule has 1 saturated carbocycles. The lowest BCUT2D eigenvalue weighted by Gasteiger charge is -2.16. The molecule has 0 heterocycles. The van der Waals surface area contributed by atoms with Crippen LogP contribution in [0.25, 0.3) is 0 Å². The van der Waals surface area contributed by atoms with Crippen LogP contribution in [0.2, 0.25) is 0 Å². The second-order valence-corrected chi connectivity index (χ2v) is 4.00. The molecule has 0 bridgehead atoms. The van der Waals surface area contributed by atoms with Crippen LogP contribution in [0.1, 0.15) is 39.5 Å². The number of allylic oxidation sites excluding steroid dienone is 1. The molecular weight excluding hydrogens is 174 g/mol. The van der Waals surface area contributed by atoms with E-state index in [0.29, 0.717) is 6.10 Å². The first kappa shape index (κ1) is 11.7. The van der Waals surface area contributed by atoms with Gasteiger partial charge < -0.3 is 10.1 Å². The molecule has 1 aliphatic carbocycles. The molecule has 0 radical (unpaired) electrons. The first-order valence-electron chi connectivity index (χ1n) is 5.83. The molecule has 82 valence electrons. The Balaban J connectivity index is 2.08. The van der Waals surface area contributed by atoms with Crippen molar-refractivity contribution >= 4 is 0 Å². The molecule has 1 unspecified atom stereocenters. The van der Waals surface area contributed by atoms with E-state index in [4.69, 9.17) is 4.74 Å². The molecular formula is C12H23NO. The number of ether oxygens (including phenoxy) is 1. The minimum absolute atomic E-state index is 0.400. The molecule has 1 rings (SSSR count). The van der Waals surface area contributed by atoms with E-state index in [9.17, 15) is 0 Å². The summed E-state index contributed by atoms with van der Waals surface area (Å²) in [6.07, 6.45) is 9.58. The molecule has 0 spiro atoms. The number of hydrogen-bond acceptors (Lipinski definition) is 2. The number of hydrogen-bond donors (Lipinski definition) is 1. The summed E-state index contributed by atoms with van der Waals surface area (Å²) in [5, 5.41) is 3.52. The Hall–Kier alpha value is -0.340. The van der Waals surface area contributed by atoms with E-state index in [-0.39, 0.29) is 0 Å². The monoisotopic (exact) mass is 197 g/mol. The standard InChI is InChI=1S/C12H23NO/c1-3-5-9-14-12(6-4-2)10-13-11-7-8-11/h3,5,11-13H,4,6-10H2,1-2H3/b5-3+. The van der Waals surface area contributed by atoms with Crippen molar-refractivity contribution in [3.63, 3.8) is 0 Å². The fraction of sp³-hybridized carbons (Fsp3) is 0.833. The van der Waals surface area contributed by atoms with E-state index in [2.05, 4.69) is 18.3 Å².